The number of carbonyl (C=O) groups excluding carboxylic acids is 1. The molecular formula is C60H110N2O6P+. The summed E-state index contributed by atoms with van der Waals surface area (Å²) in [5, 5.41) is 13.8. The third-order valence-electron chi connectivity index (χ3n) is 12.3. The van der Waals surface area contributed by atoms with E-state index in [2.05, 4.69) is 92.1 Å². The zero-order valence-corrected chi connectivity index (χ0v) is 46.4. The predicted octanol–water partition coefficient (Wildman–Crippen LogP) is 17.3. The molecule has 0 aliphatic carbocycles. The molecule has 0 aromatic heterocycles. The molecule has 0 aliphatic heterocycles. The minimum Gasteiger partial charge on any atom is -0.387 e. The normalized spacial score (nSPS) is 14.6. The van der Waals surface area contributed by atoms with Crippen LogP contribution in [0.5, 0.6) is 0 Å². The summed E-state index contributed by atoms with van der Waals surface area (Å²) in [6.07, 6.45) is 71.5. The van der Waals surface area contributed by atoms with Gasteiger partial charge in [-0.1, -0.05) is 234 Å². The van der Waals surface area contributed by atoms with Gasteiger partial charge in [-0.3, -0.25) is 13.8 Å². The molecule has 1 amide bonds. The molecule has 0 aromatic carbocycles. The Kier molecular flexibility index (Phi) is 48.9. The first kappa shape index (κ1) is 66.7. The summed E-state index contributed by atoms with van der Waals surface area (Å²) in [6, 6.07) is -0.897. The van der Waals surface area contributed by atoms with E-state index >= 15 is 0 Å². The van der Waals surface area contributed by atoms with Gasteiger partial charge in [0.1, 0.15) is 13.2 Å². The van der Waals surface area contributed by atoms with Gasteiger partial charge in [-0.2, -0.15) is 0 Å². The second-order valence-electron chi connectivity index (χ2n) is 20.3. The van der Waals surface area contributed by atoms with E-state index in [0.29, 0.717) is 17.4 Å². The van der Waals surface area contributed by atoms with Crippen molar-refractivity contribution >= 4 is 13.7 Å². The van der Waals surface area contributed by atoms with Gasteiger partial charge in [0.05, 0.1) is 39.9 Å². The zero-order chi connectivity index (χ0) is 50.6. The van der Waals surface area contributed by atoms with E-state index in [1.807, 2.05) is 27.2 Å². The van der Waals surface area contributed by atoms with E-state index in [9.17, 15) is 19.4 Å². The van der Waals surface area contributed by atoms with Gasteiger partial charge in [0.2, 0.25) is 5.91 Å². The molecule has 0 aliphatic rings. The van der Waals surface area contributed by atoms with Crippen LogP contribution in [0.2, 0.25) is 0 Å². The average Bonchev–Trinajstić information content (AvgIpc) is 3.31. The lowest BCUT2D eigenvalue weighted by Crippen LogP contribution is -2.45. The molecular weight excluding hydrogens is 876 g/mol. The maximum absolute atomic E-state index is 12.9. The van der Waals surface area contributed by atoms with Crippen molar-refractivity contribution < 1.29 is 32.9 Å². The van der Waals surface area contributed by atoms with Gasteiger partial charge >= 0.3 is 7.82 Å². The number of nitrogens with one attached hydrogen (secondary N) is 1. The summed E-state index contributed by atoms with van der Waals surface area (Å²) in [5.41, 5.74) is 0. The molecule has 0 fully saturated rings. The van der Waals surface area contributed by atoms with Crippen LogP contribution in [0.15, 0.2) is 85.1 Å². The van der Waals surface area contributed by atoms with Crippen molar-refractivity contribution in [2.45, 2.75) is 251 Å². The lowest BCUT2D eigenvalue weighted by molar-refractivity contribution is -0.870. The van der Waals surface area contributed by atoms with E-state index in [1.54, 1.807) is 6.08 Å². The molecule has 3 atom stereocenters. The molecule has 0 spiro atoms. The van der Waals surface area contributed by atoms with E-state index in [1.165, 1.54) is 148 Å². The average molecular weight is 987 g/mol. The number of phosphoric acid groups is 1. The Morgan fingerprint density at radius 2 is 0.884 bits per heavy atom. The summed E-state index contributed by atoms with van der Waals surface area (Å²) >= 11 is 0. The molecule has 0 saturated heterocycles. The summed E-state index contributed by atoms with van der Waals surface area (Å²) in [5.74, 6) is -0.233. The molecule has 0 saturated carbocycles. The fourth-order valence-corrected chi connectivity index (χ4v) is 8.62. The molecule has 69 heavy (non-hydrogen) atoms. The van der Waals surface area contributed by atoms with Crippen molar-refractivity contribution in [1.82, 2.24) is 5.32 Å². The van der Waals surface area contributed by atoms with Crippen LogP contribution in [0.4, 0.5) is 0 Å². The highest BCUT2D eigenvalue weighted by atomic mass is 31.2. The van der Waals surface area contributed by atoms with Gasteiger partial charge in [-0.15, -0.1) is 0 Å². The fourth-order valence-electron chi connectivity index (χ4n) is 7.89. The Morgan fingerprint density at radius 3 is 1.33 bits per heavy atom. The number of unbranched alkanes of at least 4 members (excludes halogenated alkanes) is 26. The molecule has 9 heteroatoms. The van der Waals surface area contributed by atoms with Crippen LogP contribution in [-0.2, 0) is 18.4 Å². The number of carbonyl (C=O) groups is 1. The van der Waals surface area contributed by atoms with Gasteiger partial charge in [-0.05, 0) is 83.5 Å². The highest BCUT2D eigenvalue weighted by Crippen LogP contribution is 2.43. The van der Waals surface area contributed by atoms with Gasteiger partial charge in [-0.25, -0.2) is 4.57 Å². The van der Waals surface area contributed by atoms with Crippen molar-refractivity contribution in [3.63, 3.8) is 0 Å². The van der Waals surface area contributed by atoms with Gasteiger partial charge < -0.3 is 19.8 Å². The number of nitrogens with zero attached hydrogens (tertiary/aromatic N) is 1. The molecule has 0 heterocycles. The molecule has 0 radical (unpaired) electrons. The smallest absolute Gasteiger partial charge is 0.387 e. The molecule has 8 nitrogen and oxygen atoms in total. The van der Waals surface area contributed by atoms with Crippen LogP contribution in [0.25, 0.3) is 0 Å². The first-order valence-corrected chi connectivity index (χ1v) is 30.0. The van der Waals surface area contributed by atoms with Crippen LogP contribution >= 0.6 is 7.82 Å². The van der Waals surface area contributed by atoms with Crippen LogP contribution in [0, 0.1) is 0 Å². The molecule has 0 aromatic rings. The van der Waals surface area contributed by atoms with E-state index in [4.69, 9.17) is 9.05 Å². The van der Waals surface area contributed by atoms with Crippen LogP contribution in [-0.4, -0.2) is 73.4 Å². The second kappa shape index (κ2) is 50.6. The zero-order valence-electron chi connectivity index (χ0n) is 45.5. The summed E-state index contributed by atoms with van der Waals surface area (Å²) < 4.78 is 23.6. The Balaban J connectivity index is 4.23. The van der Waals surface area contributed by atoms with Gasteiger partial charge in [0.25, 0.3) is 0 Å². The third kappa shape index (κ3) is 53.3. The maximum atomic E-state index is 12.9. The van der Waals surface area contributed by atoms with E-state index in [-0.39, 0.29) is 25.5 Å². The topological polar surface area (TPSA) is 105 Å². The number of quaternary nitrogens is 1. The van der Waals surface area contributed by atoms with E-state index in [0.717, 1.165) is 64.2 Å². The highest BCUT2D eigenvalue weighted by molar-refractivity contribution is 7.47. The van der Waals surface area contributed by atoms with Crippen LogP contribution in [0.1, 0.15) is 239 Å². The number of hydrogen-bond acceptors (Lipinski definition) is 5. The Labute approximate surface area is 426 Å². The number of likely N-dealkylation sites (N-methyl/N-ethyl adjacent to an activating group) is 1. The Bertz CT molecular complexity index is 1400. The lowest BCUT2D eigenvalue weighted by atomic mass is 10.0. The second-order valence-corrected chi connectivity index (χ2v) is 21.7. The molecule has 0 bridgehead atoms. The number of allylic oxidation sites excluding steroid dienone is 13. The molecule has 0 rings (SSSR count). The molecule has 400 valence electrons. The molecule has 3 N–H and O–H groups in total. The third-order valence-corrected chi connectivity index (χ3v) is 13.3. The first-order chi connectivity index (χ1) is 33.5. The SMILES string of the molecule is CC/C=C\C/C=C\C/C=C\C/C=C\CCCCC(=O)NC(COP(=O)(O)OCC[N+](C)(C)C)C(O)/C=C/CC/C=C/CC/C=C/CCCCCCCCCCCCCCCCCCCCCCCC. The first-order valence-electron chi connectivity index (χ1n) is 28.5. The molecule has 3 unspecified atom stereocenters. The number of hydrogen-bond donors (Lipinski definition) is 3. The number of aliphatic hydroxyl groups excluding tert-OH is 1. The van der Waals surface area contributed by atoms with Crippen LogP contribution < -0.4 is 5.32 Å². The minimum absolute atomic E-state index is 0.0412. The van der Waals surface area contributed by atoms with Crippen molar-refractivity contribution in [2.24, 2.45) is 0 Å². The summed E-state index contributed by atoms with van der Waals surface area (Å²) in [4.78, 5) is 23.2. The predicted molar refractivity (Wildman–Crippen MR) is 299 cm³/mol. The van der Waals surface area contributed by atoms with E-state index < -0.39 is 20.0 Å². The van der Waals surface area contributed by atoms with Crippen molar-refractivity contribution in [3.05, 3.63) is 85.1 Å². The van der Waals surface area contributed by atoms with Crippen molar-refractivity contribution in [3.8, 4) is 0 Å². The largest absolute Gasteiger partial charge is 0.472 e. The Hall–Kier alpha value is -2.32. The fraction of sp³-hybridized carbons (Fsp3) is 0.750. The lowest BCUT2D eigenvalue weighted by Gasteiger charge is -2.25. The van der Waals surface area contributed by atoms with Gasteiger partial charge in [0.15, 0.2) is 0 Å². The monoisotopic (exact) mass is 986 g/mol. The van der Waals surface area contributed by atoms with Crippen molar-refractivity contribution in [2.75, 3.05) is 40.9 Å². The standard InChI is InChI=1S/C60H109N2O6P/c1-6-8-10-12-14-16-18-20-22-23-24-25-26-27-28-29-30-31-32-33-34-35-36-37-38-40-41-43-45-47-49-51-53-59(63)58(57-68-69(65,66)67-56-55-62(3,4)5)61-60(64)54-52-50-48-46-44-42-39-21-19-17-15-13-11-9-7-2/h9,11,15,17,21,37-39,43-46,51,53,58-59,63H,6-8,10,12-14,16,18-20,22-36,40-42,47-50,52,54-57H2,1-5H3,(H-,61,64,65,66)/p+1/b11-9-,17-15-,38-37+,39-21-,45-43+,46-44-,53-51+. The van der Waals surface area contributed by atoms with Crippen LogP contribution in [0.3, 0.4) is 0 Å². The quantitative estimate of drug-likeness (QED) is 0.0243. The van der Waals surface area contributed by atoms with Gasteiger partial charge in [0, 0.05) is 6.42 Å². The Morgan fingerprint density at radius 1 is 0.507 bits per heavy atom. The number of phosphoric ester groups is 1. The van der Waals surface area contributed by atoms with Crippen molar-refractivity contribution in [1.29, 1.82) is 0 Å². The number of aliphatic hydroxyl groups is 1. The highest BCUT2D eigenvalue weighted by Gasteiger charge is 2.27. The number of amides is 1. The minimum atomic E-state index is -4.37. The summed E-state index contributed by atoms with van der Waals surface area (Å²) in [6.45, 7) is 4.64. The maximum Gasteiger partial charge on any atom is 0.472 e. The summed E-state index contributed by atoms with van der Waals surface area (Å²) in [7, 11) is 1.51. The number of rotatable bonds is 51.